The number of rotatable bonds is 8. The zero-order chi connectivity index (χ0) is 22.2. The van der Waals surface area contributed by atoms with Crippen LogP contribution >= 0.6 is 24.0 Å². The SMILES string of the molecule is CCNC(=NCc1ccc(N2CCN(CC)CC2)c(F)c1)NCc1cc(C(C)C)no1.I. The van der Waals surface area contributed by atoms with Gasteiger partial charge in [0.25, 0.3) is 0 Å². The number of likely N-dealkylation sites (N-methyl/N-ethyl adjacent to an activating group) is 1. The molecular weight excluding hydrogens is 522 g/mol. The number of halogens is 2. The molecule has 0 radical (unpaired) electrons. The summed E-state index contributed by atoms with van der Waals surface area (Å²) in [7, 11) is 0. The van der Waals surface area contributed by atoms with Gasteiger partial charge >= 0.3 is 0 Å². The fourth-order valence-corrected chi connectivity index (χ4v) is 3.58. The molecule has 2 N–H and O–H groups in total. The number of anilines is 1. The standard InChI is InChI=1S/C23H35FN6O.HI/c1-5-25-23(27-16-19-14-21(17(3)4)28-31-19)26-15-18-7-8-22(20(24)13-18)30-11-9-29(6-2)10-12-30;/h7-8,13-14,17H,5-6,9-12,15-16H2,1-4H3,(H2,25,26,27);1H. The number of aliphatic imine (C=N–C) groups is 1. The van der Waals surface area contributed by atoms with Gasteiger partial charge in [-0.2, -0.15) is 0 Å². The molecule has 32 heavy (non-hydrogen) atoms. The molecule has 0 unspecified atom stereocenters. The Kier molecular flexibility index (Phi) is 10.7. The van der Waals surface area contributed by atoms with E-state index in [1.807, 2.05) is 25.1 Å². The summed E-state index contributed by atoms with van der Waals surface area (Å²) >= 11 is 0. The van der Waals surface area contributed by atoms with E-state index in [1.165, 1.54) is 0 Å². The first kappa shape index (κ1) is 26.4. The van der Waals surface area contributed by atoms with Crippen LogP contribution in [0.15, 0.2) is 33.8 Å². The number of nitrogens with zero attached hydrogens (tertiary/aromatic N) is 4. The number of aromatic nitrogens is 1. The third-order valence-electron chi connectivity index (χ3n) is 5.54. The molecule has 0 aliphatic carbocycles. The molecule has 3 rings (SSSR count). The van der Waals surface area contributed by atoms with Crippen LogP contribution in [0.5, 0.6) is 0 Å². The van der Waals surface area contributed by atoms with E-state index in [1.54, 1.807) is 6.07 Å². The summed E-state index contributed by atoms with van der Waals surface area (Å²) in [6.07, 6.45) is 0. The summed E-state index contributed by atoms with van der Waals surface area (Å²) in [5.74, 6) is 1.56. The predicted molar refractivity (Wildman–Crippen MR) is 138 cm³/mol. The Morgan fingerprint density at radius 3 is 2.50 bits per heavy atom. The topological polar surface area (TPSA) is 68.9 Å². The highest BCUT2D eigenvalue weighted by Gasteiger charge is 2.18. The minimum absolute atomic E-state index is 0. The lowest BCUT2D eigenvalue weighted by molar-refractivity contribution is 0.270. The molecule has 1 aliphatic rings. The third kappa shape index (κ3) is 7.33. The van der Waals surface area contributed by atoms with Gasteiger partial charge in [-0.05, 0) is 37.1 Å². The molecule has 1 aliphatic heterocycles. The Hall–Kier alpha value is -1.88. The van der Waals surface area contributed by atoms with Gasteiger partial charge in [-0.15, -0.1) is 24.0 Å². The van der Waals surface area contributed by atoms with E-state index >= 15 is 0 Å². The summed E-state index contributed by atoms with van der Waals surface area (Å²) in [5, 5.41) is 10.5. The second kappa shape index (κ2) is 13.0. The van der Waals surface area contributed by atoms with Crippen LogP contribution in [-0.2, 0) is 13.1 Å². The van der Waals surface area contributed by atoms with E-state index in [2.05, 4.69) is 51.4 Å². The second-order valence-corrected chi connectivity index (χ2v) is 8.13. The number of piperazine rings is 1. The Morgan fingerprint density at radius 1 is 1.16 bits per heavy atom. The zero-order valence-corrected chi connectivity index (χ0v) is 21.9. The van der Waals surface area contributed by atoms with Gasteiger partial charge in [0.2, 0.25) is 0 Å². The maximum atomic E-state index is 14.8. The average Bonchev–Trinajstić information content (AvgIpc) is 3.25. The minimum Gasteiger partial charge on any atom is -0.367 e. The quantitative estimate of drug-likeness (QED) is 0.291. The van der Waals surface area contributed by atoms with Crippen molar-refractivity contribution in [3.63, 3.8) is 0 Å². The van der Waals surface area contributed by atoms with Gasteiger partial charge in [0, 0.05) is 38.8 Å². The largest absolute Gasteiger partial charge is 0.367 e. The molecule has 7 nitrogen and oxygen atoms in total. The lowest BCUT2D eigenvalue weighted by Gasteiger charge is -2.35. The maximum Gasteiger partial charge on any atom is 0.191 e. The van der Waals surface area contributed by atoms with Gasteiger partial charge in [0.05, 0.1) is 24.5 Å². The van der Waals surface area contributed by atoms with E-state index < -0.39 is 0 Å². The average molecular weight is 558 g/mol. The van der Waals surface area contributed by atoms with Crippen LogP contribution < -0.4 is 15.5 Å². The van der Waals surface area contributed by atoms with Gasteiger partial charge in [0.1, 0.15) is 5.82 Å². The van der Waals surface area contributed by atoms with Gasteiger partial charge < -0.3 is 25.0 Å². The van der Waals surface area contributed by atoms with Crippen LogP contribution in [0.4, 0.5) is 10.1 Å². The molecular formula is C23H36FIN6O. The van der Waals surface area contributed by atoms with Crippen molar-refractivity contribution in [2.45, 2.75) is 46.7 Å². The van der Waals surface area contributed by atoms with E-state index in [-0.39, 0.29) is 29.8 Å². The van der Waals surface area contributed by atoms with Crippen molar-refractivity contribution in [1.29, 1.82) is 0 Å². The first-order valence-corrected chi connectivity index (χ1v) is 11.2. The first-order chi connectivity index (χ1) is 15.0. The Labute approximate surface area is 207 Å². The molecule has 0 bridgehead atoms. The van der Waals surface area contributed by atoms with Crippen LogP contribution in [0.2, 0.25) is 0 Å². The summed E-state index contributed by atoms with van der Waals surface area (Å²) in [5.41, 5.74) is 2.46. The Balaban J connectivity index is 0.00000363. The van der Waals surface area contributed by atoms with Crippen LogP contribution in [0.1, 0.15) is 50.6 Å². The van der Waals surface area contributed by atoms with Crippen LogP contribution in [0.25, 0.3) is 0 Å². The molecule has 1 aromatic carbocycles. The normalized spacial score (nSPS) is 15.1. The van der Waals surface area contributed by atoms with Gasteiger partial charge in [0.15, 0.2) is 11.7 Å². The van der Waals surface area contributed by atoms with Gasteiger partial charge in [-0.1, -0.05) is 32.0 Å². The van der Waals surface area contributed by atoms with Gasteiger partial charge in [-0.3, -0.25) is 0 Å². The van der Waals surface area contributed by atoms with Gasteiger partial charge in [-0.25, -0.2) is 9.38 Å². The van der Waals surface area contributed by atoms with Crippen molar-refractivity contribution in [3.05, 3.63) is 47.1 Å². The smallest absolute Gasteiger partial charge is 0.191 e. The minimum atomic E-state index is -0.182. The van der Waals surface area contributed by atoms with Crippen LogP contribution in [0.3, 0.4) is 0 Å². The van der Waals surface area contributed by atoms with Crippen molar-refractivity contribution in [1.82, 2.24) is 20.7 Å². The summed E-state index contributed by atoms with van der Waals surface area (Å²) in [6.45, 7) is 14.7. The van der Waals surface area contributed by atoms with Crippen LogP contribution in [-0.4, -0.2) is 55.3 Å². The molecule has 1 fully saturated rings. The molecule has 1 aromatic heterocycles. The number of hydrogen-bond acceptors (Lipinski definition) is 5. The highest BCUT2D eigenvalue weighted by atomic mass is 127. The zero-order valence-electron chi connectivity index (χ0n) is 19.5. The van der Waals surface area contributed by atoms with Crippen LogP contribution in [0, 0.1) is 5.82 Å². The van der Waals surface area contributed by atoms with E-state index in [9.17, 15) is 4.39 Å². The Morgan fingerprint density at radius 2 is 1.91 bits per heavy atom. The summed E-state index contributed by atoms with van der Waals surface area (Å²) in [4.78, 5) is 9.10. The molecule has 0 atom stereocenters. The molecule has 1 saturated heterocycles. The maximum absolute atomic E-state index is 14.8. The lowest BCUT2D eigenvalue weighted by atomic mass is 10.1. The van der Waals surface area contributed by atoms with Crippen molar-refractivity contribution >= 4 is 35.6 Å². The molecule has 0 amide bonds. The van der Waals surface area contributed by atoms with E-state index in [0.29, 0.717) is 30.7 Å². The summed E-state index contributed by atoms with van der Waals surface area (Å²) in [6, 6.07) is 7.39. The molecule has 2 aromatic rings. The van der Waals surface area contributed by atoms with Crippen molar-refractivity contribution in [2.24, 2.45) is 4.99 Å². The summed E-state index contributed by atoms with van der Waals surface area (Å²) < 4.78 is 20.1. The lowest BCUT2D eigenvalue weighted by Crippen LogP contribution is -2.46. The van der Waals surface area contributed by atoms with E-state index in [4.69, 9.17) is 4.52 Å². The number of guanidine groups is 1. The number of benzene rings is 1. The highest BCUT2D eigenvalue weighted by Crippen LogP contribution is 2.22. The number of nitrogens with one attached hydrogen (secondary N) is 2. The van der Waals surface area contributed by atoms with Crippen molar-refractivity contribution in [3.8, 4) is 0 Å². The van der Waals surface area contributed by atoms with Crippen molar-refractivity contribution < 1.29 is 8.91 Å². The monoisotopic (exact) mass is 558 g/mol. The molecule has 9 heteroatoms. The molecule has 0 saturated carbocycles. The predicted octanol–water partition coefficient (Wildman–Crippen LogP) is 3.95. The molecule has 0 spiro atoms. The molecule has 178 valence electrons. The fraction of sp³-hybridized carbons (Fsp3) is 0.565. The van der Waals surface area contributed by atoms with E-state index in [0.717, 1.165) is 56.3 Å². The fourth-order valence-electron chi connectivity index (χ4n) is 3.58. The molecule has 2 heterocycles. The third-order valence-corrected chi connectivity index (χ3v) is 5.54. The number of hydrogen-bond donors (Lipinski definition) is 2. The highest BCUT2D eigenvalue weighted by molar-refractivity contribution is 14.0. The van der Waals surface area contributed by atoms with Crippen molar-refractivity contribution in [2.75, 3.05) is 44.2 Å². The Bertz CT molecular complexity index is 864. The first-order valence-electron chi connectivity index (χ1n) is 11.2. The second-order valence-electron chi connectivity index (χ2n) is 8.13.